The summed E-state index contributed by atoms with van der Waals surface area (Å²) in [7, 11) is 0. The minimum absolute atomic E-state index is 0.164. The van der Waals surface area contributed by atoms with Gasteiger partial charge >= 0.3 is 0 Å². The first-order chi connectivity index (χ1) is 9.11. The normalized spacial score (nSPS) is 32.5. The fourth-order valence-corrected chi connectivity index (χ4v) is 3.32. The van der Waals surface area contributed by atoms with Gasteiger partial charge in [0.2, 0.25) is 0 Å². The molecule has 0 radical (unpaired) electrons. The molecule has 1 aromatic rings. The van der Waals surface area contributed by atoms with Crippen LogP contribution in [0.5, 0.6) is 0 Å². The van der Waals surface area contributed by atoms with E-state index in [9.17, 15) is 9.50 Å². The van der Waals surface area contributed by atoms with Gasteiger partial charge in [0.15, 0.2) is 0 Å². The van der Waals surface area contributed by atoms with Crippen LogP contribution in [0.25, 0.3) is 0 Å². The highest BCUT2D eigenvalue weighted by Crippen LogP contribution is 2.26. The van der Waals surface area contributed by atoms with Gasteiger partial charge in [-0.3, -0.25) is 9.80 Å². The number of aliphatic hydroxyl groups is 1. The van der Waals surface area contributed by atoms with Crippen LogP contribution in [0.3, 0.4) is 0 Å². The van der Waals surface area contributed by atoms with Crippen LogP contribution in [-0.4, -0.2) is 52.7 Å². The number of hydrogen-bond donors (Lipinski definition) is 1. The molecule has 3 rings (SSSR count). The molecule has 2 fully saturated rings. The van der Waals surface area contributed by atoms with Gasteiger partial charge in [-0.15, -0.1) is 0 Å². The van der Waals surface area contributed by atoms with Crippen molar-refractivity contribution in [3.8, 4) is 0 Å². The maximum Gasteiger partial charge on any atom is 0.123 e. The summed E-state index contributed by atoms with van der Waals surface area (Å²) in [6.45, 7) is 5.92. The van der Waals surface area contributed by atoms with E-state index in [1.807, 2.05) is 12.1 Å². The lowest BCUT2D eigenvalue weighted by Gasteiger charge is -2.42. The first-order valence-corrected chi connectivity index (χ1v) is 7.02. The lowest BCUT2D eigenvalue weighted by atomic mass is 10.1. The topological polar surface area (TPSA) is 26.7 Å². The number of fused-ring (bicyclic) bond motifs is 1. The minimum Gasteiger partial charge on any atom is -0.392 e. The summed E-state index contributed by atoms with van der Waals surface area (Å²) in [4.78, 5) is 4.84. The highest BCUT2D eigenvalue weighted by molar-refractivity contribution is 5.16. The van der Waals surface area contributed by atoms with Crippen molar-refractivity contribution in [2.45, 2.75) is 38.1 Å². The van der Waals surface area contributed by atoms with Crippen molar-refractivity contribution in [2.24, 2.45) is 0 Å². The molecular weight excluding hydrogens is 243 g/mol. The Morgan fingerprint density at radius 2 is 1.95 bits per heavy atom. The molecule has 3 nitrogen and oxygen atoms in total. The first kappa shape index (κ1) is 13.0. The molecule has 104 valence electrons. The maximum absolute atomic E-state index is 12.9. The van der Waals surface area contributed by atoms with E-state index >= 15 is 0 Å². The smallest absolute Gasteiger partial charge is 0.123 e. The van der Waals surface area contributed by atoms with Crippen LogP contribution >= 0.6 is 0 Å². The molecule has 2 saturated heterocycles. The highest BCUT2D eigenvalue weighted by Gasteiger charge is 2.37. The van der Waals surface area contributed by atoms with E-state index in [0.29, 0.717) is 12.1 Å². The van der Waals surface area contributed by atoms with Crippen molar-refractivity contribution < 1.29 is 9.50 Å². The van der Waals surface area contributed by atoms with E-state index in [-0.39, 0.29) is 11.9 Å². The van der Waals surface area contributed by atoms with E-state index in [2.05, 4.69) is 16.7 Å². The fraction of sp³-hybridized carbons (Fsp3) is 0.600. The Hall–Kier alpha value is -0.970. The predicted octanol–water partition coefficient (Wildman–Crippen LogP) is 1.46. The molecule has 4 heteroatoms. The summed E-state index contributed by atoms with van der Waals surface area (Å²) in [6, 6.07) is 7.72. The summed E-state index contributed by atoms with van der Waals surface area (Å²) >= 11 is 0. The third-order valence-corrected chi connectivity index (χ3v) is 4.37. The van der Waals surface area contributed by atoms with Crippen LogP contribution in [0.2, 0.25) is 0 Å². The van der Waals surface area contributed by atoms with Gasteiger partial charge in [0.25, 0.3) is 0 Å². The van der Waals surface area contributed by atoms with Crippen LogP contribution in [0, 0.1) is 5.82 Å². The van der Waals surface area contributed by atoms with Gasteiger partial charge in [0, 0.05) is 38.3 Å². The van der Waals surface area contributed by atoms with E-state index in [0.717, 1.165) is 38.2 Å². The molecule has 1 N–H and O–H groups in total. The molecule has 0 bridgehead atoms. The molecule has 0 spiro atoms. The zero-order chi connectivity index (χ0) is 13.4. The van der Waals surface area contributed by atoms with E-state index in [1.165, 1.54) is 12.1 Å². The van der Waals surface area contributed by atoms with Crippen molar-refractivity contribution in [3.63, 3.8) is 0 Å². The van der Waals surface area contributed by atoms with Crippen molar-refractivity contribution in [3.05, 3.63) is 35.6 Å². The Morgan fingerprint density at radius 1 is 1.21 bits per heavy atom. The predicted molar refractivity (Wildman–Crippen MR) is 72.3 cm³/mol. The van der Waals surface area contributed by atoms with Crippen LogP contribution in [0.4, 0.5) is 4.39 Å². The highest BCUT2D eigenvalue weighted by atomic mass is 19.1. The molecule has 0 aromatic heterocycles. The Bertz CT molecular complexity index is 436. The number of piperazine rings is 1. The molecule has 2 aliphatic heterocycles. The third kappa shape index (κ3) is 2.81. The Balaban J connectivity index is 1.66. The van der Waals surface area contributed by atoms with Gasteiger partial charge in [0.05, 0.1) is 6.10 Å². The van der Waals surface area contributed by atoms with Gasteiger partial charge in [0.1, 0.15) is 5.82 Å². The molecular formula is C15H21FN2O. The Kier molecular flexibility index (Phi) is 3.56. The standard InChI is InChI=1S/C15H21FN2O/c1-11-7-18-10-15(19)6-14(18)9-17(11)8-12-2-4-13(16)5-3-12/h2-5,11,14-15,19H,6-10H2,1H3/t11-,14-,15-/m1/s1. The second-order valence-electron chi connectivity index (χ2n) is 5.90. The fourth-order valence-electron chi connectivity index (χ4n) is 3.32. The third-order valence-electron chi connectivity index (χ3n) is 4.37. The molecule has 2 heterocycles. The van der Waals surface area contributed by atoms with E-state index < -0.39 is 0 Å². The molecule has 0 saturated carbocycles. The quantitative estimate of drug-likeness (QED) is 0.876. The SMILES string of the molecule is C[C@@H]1CN2C[C@H](O)C[C@@H]2CN1Cc1ccc(F)cc1. The van der Waals surface area contributed by atoms with E-state index in [1.54, 1.807) is 0 Å². The number of aliphatic hydroxyl groups excluding tert-OH is 1. The van der Waals surface area contributed by atoms with E-state index in [4.69, 9.17) is 0 Å². The van der Waals surface area contributed by atoms with Gasteiger partial charge in [-0.25, -0.2) is 4.39 Å². The van der Waals surface area contributed by atoms with Gasteiger partial charge in [-0.2, -0.15) is 0 Å². The second kappa shape index (κ2) is 5.19. The first-order valence-electron chi connectivity index (χ1n) is 7.02. The number of hydrogen-bond acceptors (Lipinski definition) is 3. The Labute approximate surface area is 113 Å². The molecule has 0 unspecified atom stereocenters. The summed E-state index contributed by atoms with van der Waals surface area (Å²) in [6.07, 6.45) is 0.718. The van der Waals surface area contributed by atoms with Gasteiger partial charge < -0.3 is 5.11 Å². The summed E-state index contributed by atoms with van der Waals surface area (Å²) in [5.74, 6) is -0.180. The molecule has 2 aliphatic rings. The number of nitrogens with zero attached hydrogens (tertiary/aromatic N) is 2. The lowest BCUT2D eigenvalue weighted by molar-refractivity contribution is 0.0528. The minimum atomic E-state index is -0.180. The summed E-state index contributed by atoms with van der Waals surface area (Å²) < 4.78 is 12.9. The van der Waals surface area contributed by atoms with Gasteiger partial charge in [-0.05, 0) is 31.0 Å². The largest absolute Gasteiger partial charge is 0.392 e. The molecule has 1 aromatic carbocycles. The lowest BCUT2D eigenvalue weighted by Crippen LogP contribution is -2.54. The van der Waals surface area contributed by atoms with Crippen molar-refractivity contribution in [1.82, 2.24) is 9.80 Å². The van der Waals surface area contributed by atoms with Crippen LogP contribution in [0.15, 0.2) is 24.3 Å². The molecule has 0 amide bonds. The molecule has 19 heavy (non-hydrogen) atoms. The maximum atomic E-state index is 12.9. The molecule has 3 atom stereocenters. The van der Waals surface area contributed by atoms with Crippen molar-refractivity contribution in [2.75, 3.05) is 19.6 Å². The number of halogens is 1. The Morgan fingerprint density at radius 3 is 2.68 bits per heavy atom. The summed E-state index contributed by atoms with van der Waals surface area (Å²) in [5.41, 5.74) is 1.15. The van der Waals surface area contributed by atoms with Crippen LogP contribution in [-0.2, 0) is 6.54 Å². The van der Waals surface area contributed by atoms with Crippen molar-refractivity contribution >= 4 is 0 Å². The summed E-state index contributed by atoms with van der Waals surface area (Å²) in [5, 5.41) is 9.75. The van der Waals surface area contributed by atoms with Crippen LogP contribution < -0.4 is 0 Å². The average Bonchev–Trinajstić information content (AvgIpc) is 2.72. The van der Waals surface area contributed by atoms with Gasteiger partial charge in [-0.1, -0.05) is 12.1 Å². The average molecular weight is 264 g/mol. The van der Waals surface area contributed by atoms with Crippen LogP contribution in [0.1, 0.15) is 18.9 Å². The zero-order valence-corrected chi connectivity index (χ0v) is 11.3. The number of rotatable bonds is 2. The zero-order valence-electron chi connectivity index (χ0n) is 11.3. The second-order valence-corrected chi connectivity index (χ2v) is 5.90. The monoisotopic (exact) mass is 264 g/mol. The molecule has 0 aliphatic carbocycles. The van der Waals surface area contributed by atoms with Crippen molar-refractivity contribution in [1.29, 1.82) is 0 Å². The number of benzene rings is 1.